The molecule has 1 aliphatic heterocycles. The minimum Gasteiger partial charge on any atom is -0.458 e. The molecule has 158 valence electrons. The van der Waals surface area contributed by atoms with Crippen LogP contribution in [0.25, 0.3) is 0 Å². The molecule has 0 saturated carbocycles. The van der Waals surface area contributed by atoms with Gasteiger partial charge in [0.05, 0.1) is 0 Å². The molecule has 3 rings (SSSR count). The normalized spacial score (nSPS) is 15.3. The summed E-state index contributed by atoms with van der Waals surface area (Å²) in [5, 5.41) is 0. The lowest BCUT2D eigenvalue weighted by molar-refractivity contribution is 0.0965. The number of furan rings is 1. The summed E-state index contributed by atoms with van der Waals surface area (Å²) in [6.45, 7) is 10.8. The highest BCUT2D eigenvalue weighted by atomic mass is 16.3. The molecule has 0 spiro atoms. The van der Waals surface area contributed by atoms with Crippen molar-refractivity contribution in [2.45, 2.75) is 52.9 Å². The van der Waals surface area contributed by atoms with Crippen LogP contribution in [0.1, 0.15) is 60.6 Å². The Morgan fingerprint density at radius 3 is 2.62 bits per heavy atom. The molecule has 0 unspecified atom stereocenters. The first kappa shape index (κ1) is 21.6. The van der Waals surface area contributed by atoms with Crippen LogP contribution in [-0.2, 0) is 12.8 Å². The fourth-order valence-electron chi connectivity index (χ4n) is 4.01. The summed E-state index contributed by atoms with van der Waals surface area (Å²) in [5.41, 5.74) is 3.73. The lowest BCUT2D eigenvalue weighted by Gasteiger charge is -2.34. The van der Waals surface area contributed by atoms with Gasteiger partial charge in [0.2, 0.25) is 5.78 Å². The highest BCUT2D eigenvalue weighted by molar-refractivity contribution is 5.95. The summed E-state index contributed by atoms with van der Waals surface area (Å²) < 4.78 is 5.56. The van der Waals surface area contributed by atoms with Crippen molar-refractivity contribution in [3.63, 3.8) is 0 Å². The second-order valence-electron chi connectivity index (χ2n) is 8.64. The van der Waals surface area contributed by atoms with Crippen molar-refractivity contribution in [1.82, 2.24) is 4.90 Å². The topological polar surface area (TPSA) is 36.7 Å². The zero-order valence-electron chi connectivity index (χ0n) is 18.5. The Labute approximate surface area is 175 Å². The molecule has 1 fully saturated rings. The first-order valence-electron chi connectivity index (χ1n) is 11.1. The number of hydrogen-bond donors (Lipinski definition) is 0. The molecule has 0 aliphatic carbocycles. The van der Waals surface area contributed by atoms with E-state index in [1.165, 1.54) is 24.1 Å². The molecular weight excluding hydrogens is 360 g/mol. The number of aryl methyl sites for hydroxylation is 2. The maximum atomic E-state index is 12.8. The number of piperidine rings is 1. The van der Waals surface area contributed by atoms with Gasteiger partial charge >= 0.3 is 0 Å². The number of hydrogen-bond acceptors (Lipinski definition) is 4. The average Bonchev–Trinajstić information content (AvgIpc) is 3.16. The van der Waals surface area contributed by atoms with Gasteiger partial charge in [-0.15, -0.1) is 0 Å². The largest absolute Gasteiger partial charge is 0.458 e. The summed E-state index contributed by atoms with van der Waals surface area (Å²) in [6.07, 6.45) is 5.07. The Morgan fingerprint density at radius 2 is 1.97 bits per heavy atom. The maximum Gasteiger partial charge on any atom is 0.202 e. The van der Waals surface area contributed by atoms with Crippen LogP contribution < -0.4 is 4.90 Å². The zero-order chi connectivity index (χ0) is 20.8. The van der Waals surface area contributed by atoms with E-state index < -0.39 is 0 Å². The second-order valence-corrected chi connectivity index (χ2v) is 8.64. The van der Waals surface area contributed by atoms with E-state index in [0.29, 0.717) is 12.2 Å². The fourth-order valence-corrected chi connectivity index (χ4v) is 4.01. The molecule has 0 N–H and O–H groups in total. The standard InChI is InChI=1S/C25H36N2O2/c1-5-26(4)14-6-7-21-9-10-22(18-24(28)25-11-8-20(3)29-25)23(17-21)27-15-12-19(2)13-16-27/h8-11,17,19H,5-7,12-16,18H2,1-4H3. The average molecular weight is 397 g/mol. The van der Waals surface area contributed by atoms with Crippen LogP contribution in [-0.4, -0.2) is 43.9 Å². The molecule has 4 heteroatoms. The highest BCUT2D eigenvalue weighted by Gasteiger charge is 2.21. The van der Waals surface area contributed by atoms with Crippen LogP contribution >= 0.6 is 0 Å². The van der Waals surface area contributed by atoms with E-state index in [1.807, 2.05) is 13.0 Å². The van der Waals surface area contributed by atoms with Gasteiger partial charge < -0.3 is 14.2 Å². The Hall–Kier alpha value is -2.07. The van der Waals surface area contributed by atoms with Gasteiger partial charge in [-0.1, -0.05) is 26.0 Å². The molecular formula is C25H36N2O2. The number of Topliss-reactive ketones (excluding diaryl/α,β-unsaturated/α-hetero) is 1. The number of carbonyl (C=O) groups excluding carboxylic acids is 1. The van der Waals surface area contributed by atoms with E-state index in [9.17, 15) is 4.79 Å². The minimum atomic E-state index is 0.0575. The van der Waals surface area contributed by atoms with E-state index in [2.05, 4.69) is 48.9 Å². The molecule has 2 aromatic rings. The molecule has 0 radical (unpaired) electrons. The van der Waals surface area contributed by atoms with Crippen molar-refractivity contribution >= 4 is 11.5 Å². The molecule has 1 saturated heterocycles. The van der Waals surface area contributed by atoms with E-state index in [-0.39, 0.29) is 5.78 Å². The Balaban J connectivity index is 1.77. The van der Waals surface area contributed by atoms with Gasteiger partial charge in [-0.2, -0.15) is 0 Å². The third-order valence-electron chi connectivity index (χ3n) is 6.19. The summed E-state index contributed by atoms with van der Waals surface area (Å²) >= 11 is 0. The minimum absolute atomic E-state index is 0.0575. The fraction of sp³-hybridized carbons (Fsp3) is 0.560. The van der Waals surface area contributed by atoms with E-state index in [4.69, 9.17) is 4.42 Å². The summed E-state index contributed by atoms with van der Waals surface area (Å²) in [6, 6.07) is 10.4. The van der Waals surface area contributed by atoms with Crippen molar-refractivity contribution in [3.8, 4) is 0 Å². The smallest absolute Gasteiger partial charge is 0.202 e. The van der Waals surface area contributed by atoms with E-state index >= 15 is 0 Å². The van der Waals surface area contributed by atoms with Gasteiger partial charge in [-0.3, -0.25) is 4.79 Å². The summed E-state index contributed by atoms with van der Waals surface area (Å²) in [5.74, 6) is 2.09. The lowest BCUT2D eigenvalue weighted by atomic mass is 9.95. The Bertz CT molecular complexity index is 803. The second kappa shape index (κ2) is 10.1. The molecule has 2 heterocycles. The van der Waals surface area contributed by atoms with Crippen molar-refractivity contribution in [1.29, 1.82) is 0 Å². The highest BCUT2D eigenvalue weighted by Crippen LogP contribution is 2.29. The number of benzene rings is 1. The summed E-state index contributed by atoms with van der Waals surface area (Å²) in [7, 11) is 2.17. The molecule has 1 aromatic carbocycles. The number of carbonyl (C=O) groups is 1. The van der Waals surface area contributed by atoms with Gasteiger partial charge in [0.1, 0.15) is 5.76 Å². The summed E-state index contributed by atoms with van der Waals surface area (Å²) in [4.78, 5) is 17.6. The SMILES string of the molecule is CCN(C)CCCc1ccc(CC(=O)c2ccc(C)o2)c(N2CCC(C)CC2)c1. The van der Waals surface area contributed by atoms with Gasteiger partial charge in [0, 0.05) is 25.2 Å². The van der Waals surface area contributed by atoms with Crippen LogP contribution in [0.3, 0.4) is 0 Å². The van der Waals surface area contributed by atoms with Gasteiger partial charge in [0.15, 0.2) is 5.76 Å². The van der Waals surface area contributed by atoms with Crippen LogP contribution in [0, 0.1) is 12.8 Å². The predicted octanol–water partition coefficient (Wildman–Crippen LogP) is 5.13. The molecule has 1 aliphatic rings. The van der Waals surface area contributed by atoms with E-state index in [0.717, 1.165) is 56.3 Å². The molecule has 0 bridgehead atoms. The third kappa shape index (κ3) is 5.96. The van der Waals surface area contributed by atoms with Gasteiger partial charge in [0.25, 0.3) is 0 Å². The number of rotatable bonds is 9. The monoisotopic (exact) mass is 396 g/mol. The van der Waals surface area contributed by atoms with Crippen LogP contribution in [0.2, 0.25) is 0 Å². The number of ketones is 1. The predicted molar refractivity (Wildman–Crippen MR) is 120 cm³/mol. The lowest BCUT2D eigenvalue weighted by Crippen LogP contribution is -2.33. The molecule has 1 aromatic heterocycles. The molecule has 29 heavy (non-hydrogen) atoms. The Kier molecular flexibility index (Phi) is 7.54. The van der Waals surface area contributed by atoms with Crippen LogP contribution in [0.4, 0.5) is 5.69 Å². The van der Waals surface area contributed by atoms with Crippen molar-refractivity contribution in [2.75, 3.05) is 38.1 Å². The molecule has 0 amide bonds. The molecule has 4 nitrogen and oxygen atoms in total. The first-order valence-corrected chi connectivity index (χ1v) is 11.1. The quantitative estimate of drug-likeness (QED) is 0.550. The van der Waals surface area contributed by atoms with Crippen LogP contribution in [0.5, 0.6) is 0 Å². The van der Waals surface area contributed by atoms with Crippen molar-refractivity contribution < 1.29 is 9.21 Å². The Morgan fingerprint density at radius 1 is 1.21 bits per heavy atom. The number of anilines is 1. The first-order chi connectivity index (χ1) is 14.0. The zero-order valence-corrected chi connectivity index (χ0v) is 18.5. The molecule has 0 atom stereocenters. The number of nitrogens with zero attached hydrogens (tertiary/aromatic N) is 2. The third-order valence-corrected chi connectivity index (χ3v) is 6.19. The maximum absolute atomic E-state index is 12.8. The van der Waals surface area contributed by atoms with Crippen molar-refractivity contribution in [3.05, 3.63) is 53.0 Å². The van der Waals surface area contributed by atoms with E-state index in [1.54, 1.807) is 6.07 Å². The van der Waals surface area contributed by atoms with Gasteiger partial charge in [-0.25, -0.2) is 0 Å². The van der Waals surface area contributed by atoms with Gasteiger partial charge in [-0.05, 0) is 88.0 Å². The van der Waals surface area contributed by atoms with Crippen LogP contribution in [0.15, 0.2) is 34.7 Å². The van der Waals surface area contributed by atoms with Crippen molar-refractivity contribution in [2.24, 2.45) is 5.92 Å².